The number of cyclic esters (lactones) is 1. The number of nitrogens with one attached hydrogen (secondary N) is 7. The Labute approximate surface area is 428 Å². The van der Waals surface area contributed by atoms with Crippen LogP contribution < -0.4 is 43.0 Å². The molecule has 1 saturated heterocycles. The van der Waals surface area contributed by atoms with Crippen LogP contribution in [0.4, 0.5) is 0 Å². The number of carbonyl (C=O) groups excluding carboxylic acids is 9. The van der Waals surface area contributed by atoms with Gasteiger partial charge in [0.2, 0.25) is 47.3 Å². The first-order valence-electron chi connectivity index (χ1n) is 26.4. The van der Waals surface area contributed by atoms with Crippen molar-refractivity contribution in [1.29, 1.82) is 0 Å². The van der Waals surface area contributed by atoms with Crippen molar-refractivity contribution in [1.82, 2.24) is 37.2 Å². The Morgan fingerprint density at radius 3 is 1.33 bits per heavy atom. The second-order valence-corrected chi connectivity index (χ2v) is 22.0. The molecular formula is C52H92N8O12. The number of hydrogen-bond acceptors (Lipinski definition) is 11. The average molecular weight is 1020 g/mol. The van der Waals surface area contributed by atoms with E-state index in [2.05, 4.69) is 51.1 Å². The molecule has 1 fully saturated rings. The highest BCUT2D eigenvalue weighted by atomic mass is 16.5. The van der Waals surface area contributed by atoms with Gasteiger partial charge in [0.1, 0.15) is 48.4 Å². The highest BCUT2D eigenvalue weighted by Crippen LogP contribution is 2.19. The molecule has 0 bridgehead atoms. The number of primary amides is 1. The third-order valence-electron chi connectivity index (χ3n) is 12.3. The molecule has 72 heavy (non-hydrogen) atoms. The lowest BCUT2D eigenvalue weighted by molar-refractivity contribution is -0.156. The van der Waals surface area contributed by atoms with Gasteiger partial charge in [-0.3, -0.25) is 43.2 Å². The summed E-state index contributed by atoms with van der Waals surface area (Å²) in [4.78, 5) is 137. The molecule has 10 N–H and O–H groups in total. The van der Waals surface area contributed by atoms with Crippen LogP contribution in [0.1, 0.15) is 186 Å². The van der Waals surface area contributed by atoms with Crippen LogP contribution in [-0.2, 0) is 52.7 Å². The second-order valence-electron chi connectivity index (χ2n) is 22.0. The summed E-state index contributed by atoms with van der Waals surface area (Å²) < 4.78 is 6.02. The number of carbonyl (C=O) groups is 10. The monoisotopic (exact) mass is 1020 g/mol. The fourth-order valence-corrected chi connectivity index (χ4v) is 8.38. The Hall–Kier alpha value is -5.30. The first-order valence-corrected chi connectivity index (χ1v) is 26.4. The summed E-state index contributed by atoms with van der Waals surface area (Å²) in [5.41, 5.74) is 5.48. The molecule has 1 heterocycles. The molecular weight excluding hydrogens is 929 g/mol. The number of esters is 1. The minimum Gasteiger partial charge on any atom is -0.481 e. The highest BCUT2D eigenvalue weighted by Gasteiger charge is 2.37. The zero-order chi connectivity index (χ0) is 54.8. The van der Waals surface area contributed by atoms with Crippen molar-refractivity contribution in [3.05, 3.63) is 0 Å². The summed E-state index contributed by atoms with van der Waals surface area (Å²) >= 11 is 0. The number of aliphatic carboxylic acids is 1. The van der Waals surface area contributed by atoms with Gasteiger partial charge in [-0.1, -0.05) is 128 Å². The maximum atomic E-state index is 14.1. The molecule has 1 aliphatic heterocycles. The van der Waals surface area contributed by atoms with Crippen LogP contribution in [0.15, 0.2) is 0 Å². The van der Waals surface area contributed by atoms with Crippen LogP contribution in [0, 0.1) is 35.5 Å². The fraction of sp³-hybridized carbons (Fsp3) is 0.808. The minimum absolute atomic E-state index is 0.0435. The van der Waals surface area contributed by atoms with Gasteiger partial charge in [0.05, 0.1) is 12.8 Å². The number of ether oxygens (including phenoxy) is 1. The molecule has 0 aromatic heterocycles. The van der Waals surface area contributed by atoms with Crippen molar-refractivity contribution in [3.8, 4) is 0 Å². The SMILES string of the molecule is CC(C)CCCCCCCCCC1CC(=O)N[C@@H](CCC(N)=O)C(=O)N[C@@H](CC(C)C)C(=O)N[C@H](CC(C)C)C(=O)N[C@@H](C(C)C)C(=O)N[C@@H](CC(=O)O)C(=O)N[C@H](CC(C)C)C(=O)N[C@@H](C(C)C)C(=O)O1. The van der Waals surface area contributed by atoms with Crippen LogP contribution in [0.3, 0.4) is 0 Å². The molecule has 20 nitrogen and oxygen atoms in total. The van der Waals surface area contributed by atoms with E-state index in [1.54, 1.807) is 41.5 Å². The normalized spacial score (nSPS) is 24.2. The van der Waals surface area contributed by atoms with Crippen molar-refractivity contribution in [2.75, 3.05) is 0 Å². The maximum Gasteiger partial charge on any atom is 0.329 e. The Kier molecular flexibility index (Phi) is 30.0. The van der Waals surface area contributed by atoms with E-state index >= 15 is 0 Å². The molecule has 0 radical (unpaired) electrons. The van der Waals surface area contributed by atoms with Crippen molar-refractivity contribution in [3.63, 3.8) is 0 Å². The molecule has 0 aromatic carbocycles. The van der Waals surface area contributed by atoms with Crippen LogP contribution in [0.25, 0.3) is 0 Å². The molecule has 0 aromatic rings. The van der Waals surface area contributed by atoms with Crippen molar-refractivity contribution in [2.45, 2.75) is 234 Å². The summed E-state index contributed by atoms with van der Waals surface area (Å²) in [6, 6.07) is -9.50. The standard InChI is InChI=1S/C52H92N8O12/c1-29(2)20-18-16-14-13-15-17-19-21-35-27-42(62)54-36(22-23-41(53)61)46(65)55-37(24-30(3)4)47(66)56-38(25-31(5)6)49(68)59-44(33(9)10)51(70)58-40(28-43(63)64)48(67)57-39(26-32(7)8)50(69)60-45(34(11)12)52(71)72-35/h29-40,44-45H,13-28H2,1-12H3,(H2,53,61)(H,54,62)(H,55,65)(H,56,66)(H,57,67)(H,58,70)(H,59,68)(H,60,69)(H,63,64)/t35?,36-,37-,38+,39+,40-,44-,45-/m0/s1. The van der Waals surface area contributed by atoms with Crippen LogP contribution in [0.5, 0.6) is 0 Å². The lowest BCUT2D eigenvalue weighted by Gasteiger charge is -2.29. The van der Waals surface area contributed by atoms with Gasteiger partial charge < -0.3 is 52.8 Å². The maximum absolute atomic E-state index is 14.1. The zero-order valence-corrected chi connectivity index (χ0v) is 45.4. The molecule has 1 aliphatic rings. The van der Waals surface area contributed by atoms with Gasteiger partial charge >= 0.3 is 11.9 Å². The molecule has 1 unspecified atom stereocenters. The molecule has 412 valence electrons. The predicted molar refractivity (Wildman–Crippen MR) is 273 cm³/mol. The second kappa shape index (κ2) is 33.4. The van der Waals surface area contributed by atoms with E-state index < -0.39 is 132 Å². The Morgan fingerprint density at radius 1 is 0.500 bits per heavy atom. The molecule has 8 atom stereocenters. The predicted octanol–water partition coefficient (Wildman–Crippen LogP) is 4.05. The third kappa shape index (κ3) is 26.4. The van der Waals surface area contributed by atoms with E-state index in [0.717, 1.165) is 38.5 Å². The summed E-state index contributed by atoms with van der Waals surface area (Å²) in [6.45, 7) is 21.8. The number of nitrogens with two attached hydrogens (primary N) is 1. The summed E-state index contributed by atoms with van der Waals surface area (Å²) in [6.07, 6.45) is 5.46. The van der Waals surface area contributed by atoms with E-state index in [0.29, 0.717) is 12.3 Å². The fourth-order valence-electron chi connectivity index (χ4n) is 8.38. The number of amides is 8. The van der Waals surface area contributed by atoms with E-state index in [1.165, 1.54) is 6.42 Å². The van der Waals surface area contributed by atoms with Gasteiger partial charge in [-0.2, -0.15) is 0 Å². The molecule has 1 rings (SSSR count). The summed E-state index contributed by atoms with van der Waals surface area (Å²) in [5, 5.41) is 28.3. The first kappa shape index (κ1) is 64.7. The van der Waals surface area contributed by atoms with Gasteiger partial charge in [0.15, 0.2) is 0 Å². The number of rotatable bonds is 23. The Morgan fingerprint density at radius 2 is 0.903 bits per heavy atom. The van der Waals surface area contributed by atoms with Crippen LogP contribution >= 0.6 is 0 Å². The topological polar surface area (TPSA) is 310 Å². The quantitative estimate of drug-likeness (QED) is 0.0517. The van der Waals surface area contributed by atoms with E-state index in [4.69, 9.17) is 10.5 Å². The average Bonchev–Trinajstić information content (AvgIpc) is 3.25. The van der Waals surface area contributed by atoms with Crippen molar-refractivity contribution in [2.24, 2.45) is 41.2 Å². The molecule has 0 spiro atoms. The third-order valence-corrected chi connectivity index (χ3v) is 12.3. The molecule has 20 heteroatoms. The Balaban J connectivity index is 3.92. The van der Waals surface area contributed by atoms with Gasteiger partial charge in [-0.05, 0) is 74.0 Å². The lowest BCUT2D eigenvalue weighted by Crippen LogP contribution is -2.61. The number of carboxylic acids is 1. The van der Waals surface area contributed by atoms with Crippen molar-refractivity contribution >= 4 is 59.2 Å². The van der Waals surface area contributed by atoms with E-state index in [9.17, 15) is 53.1 Å². The Bertz CT molecular complexity index is 1790. The number of carboxylic acid groups (broad SMARTS) is 1. The van der Waals surface area contributed by atoms with Crippen molar-refractivity contribution < 1.29 is 57.8 Å². The first-order chi connectivity index (χ1) is 33.6. The molecule has 0 saturated carbocycles. The van der Waals surface area contributed by atoms with Crippen LogP contribution in [0.2, 0.25) is 0 Å². The van der Waals surface area contributed by atoms with Gasteiger partial charge in [0, 0.05) is 6.42 Å². The van der Waals surface area contributed by atoms with Gasteiger partial charge in [-0.15, -0.1) is 0 Å². The van der Waals surface area contributed by atoms with Crippen LogP contribution in [-0.4, -0.2) is 113 Å². The smallest absolute Gasteiger partial charge is 0.329 e. The van der Waals surface area contributed by atoms with E-state index in [1.807, 2.05) is 27.7 Å². The van der Waals surface area contributed by atoms with Gasteiger partial charge in [0.25, 0.3) is 0 Å². The lowest BCUT2D eigenvalue weighted by atomic mass is 9.98. The largest absolute Gasteiger partial charge is 0.481 e. The number of unbranched alkanes of at least 4 members (excludes halogenated alkanes) is 6. The zero-order valence-electron chi connectivity index (χ0n) is 45.4. The van der Waals surface area contributed by atoms with Gasteiger partial charge in [-0.25, -0.2) is 4.79 Å². The summed E-state index contributed by atoms with van der Waals surface area (Å²) in [5.74, 6) is -9.85. The molecule has 0 aliphatic carbocycles. The minimum atomic E-state index is -1.72. The molecule has 8 amide bonds. The van der Waals surface area contributed by atoms with E-state index in [-0.39, 0.29) is 56.3 Å². The highest BCUT2D eigenvalue weighted by molar-refractivity contribution is 5.98. The number of hydrogen-bond donors (Lipinski definition) is 9. The summed E-state index contributed by atoms with van der Waals surface area (Å²) in [7, 11) is 0.